The van der Waals surface area contributed by atoms with Crippen molar-refractivity contribution in [1.82, 2.24) is 0 Å². The van der Waals surface area contributed by atoms with Crippen LogP contribution in [-0.2, 0) is 0 Å². The van der Waals surface area contributed by atoms with Gasteiger partial charge in [-0.3, -0.25) is 0 Å². The second kappa shape index (κ2) is 51.5. The molecule has 7 heteroatoms. The van der Waals surface area contributed by atoms with E-state index in [4.69, 9.17) is 16.9 Å². The van der Waals surface area contributed by atoms with Crippen molar-refractivity contribution in [2.45, 2.75) is 288 Å². The summed E-state index contributed by atoms with van der Waals surface area (Å²) in [5.74, 6) is 5.51. The highest BCUT2D eigenvalue weighted by atomic mass is 79.9. The summed E-state index contributed by atoms with van der Waals surface area (Å²) in [5, 5.41) is 19.2. The Kier molecular flexibility index (Phi) is 45.4. The van der Waals surface area contributed by atoms with Gasteiger partial charge in [-0.1, -0.05) is 294 Å². The third-order valence-corrected chi connectivity index (χ3v) is 23.8. The van der Waals surface area contributed by atoms with Crippen molar-refractivity contribution in [3.8, 4) is 6.07 Å². The van der Waals surface area contributed by atoms with Gasteiger partial charge in [0.1, 0.15) is 11.6 Å². The van der Waals surface area contributed by atoms with Crippen molar-refractivity contribution in [2.24, 2.45) is 0 Å². The van der Waals surface area contributed by atoms with E-state index in [-0.39, 0.29) is 19.1 Å². The van der Waals surface area contributed by atoms with E-state index in [1.54, 1.807) is 19.1 Å². The molecule has 11 aromatic carbocycles. The van der Waals surface area contributed by atoms with Gasteiger partial charge in [0.05, 0.1) is 11.6 Å². The molecule has 0 aliphatic rings. The molecule has 2 aromatic heterocycles. The number of halogens is 4. The van der Waals surface area contributed by atoms with Crippen molar-refractivity contribution in [3.05, 3.63) is 360 Å². The van der Waals surface area contributed by atoms with Gasteiger partial charge in [-0.05, 0) is 376 Å². The molecule has 0 fully saturated rings. The fraction of sp³-hybridized carbons (Fsp3) is 0.384. The lowest BCUT2D eigenvalue weighted by molar-refractivity contribution is 0.613. The molecule has 0 radical (unpaired) electrons. The molecule has 13 aromatic rings. The Morgan fingerprint density at radius 3 is 1.08 bits per heavy atom. The second-order valence-electron chi connectivity index (χ2n) is 34.8. The Morgan fingerprint density at radius 2 is 0.630 bits per heavy atom. The summed E-state index contributed by atoms with van der Waals surface area (Å²) >= 11 is 12.9. The first-order valence-electron chi connectivity index (χ1n) is 42.5. The minimum atomic E-state index is -0.140. The summed E-state index contributed by atoms with van der Waals surface area (Å²) < 4.78 is 29.8. The molecule has 0 bridgehead atoms. The first-order chi connectivity index (χ1) is 55.4. The molecule has 13 rings (SSSR count). The number of hydrogen-bond acceptors (Lipinski definition) is 3. The smallest absolute Gasteiger partial charge is 0.126 e. The Hall–Kier alpha value is -8.28. The number of nitriles is 1. The average molecular weight is 1720 g/mol. The Balaban J connectivity index is 0.000000342. The topological polar surface area (TPSA) is 23.8 Å². The lowest BCUT2D eigenvalue weighted by atomic mass is 9.94. The summed E-state index contributed by atoms with van der Waals surface area (Å²) in [6.45, 7) is 69.1. The summed E-state index contributed by atoms with van der Waals surface area (Å²) in [6, 6.07) is 71.0. The maximum atomic E-state index is 13.1. The molecular weight excluding hydrogens is 1580 g/mol. The Labute approximate surface area is 743 Å². The van der Waals surface area contributed by atoms with Gasteiger partial charge in [0.25, 0.3) is 0 Å². The van der Waals surface area contributed by atoms with Crippen LogP contribution in [0.2, 0.25) is 5.02 Å². The minimum Gasteiger partial charge on any atom is -0.207 e. The quantitative estimate of drug-likeness (QED) is 0.134. The van der Waals surface area contributed by atoms with Gasteiger partial charge in [-0.2, -0.15) is 5.26 Å². The third-order valence-electron chi connectivity index (χ3n) is 21.3. The summed E-state index contributed by atoms with van der Waals surface area (Å²) in [6.07, 6.45) is 0. The number of hydrogen-bond donors (Lipinski definition) is 0. The van der Waals surface area contributed by atoms with Crippen LogP contribution in [0.3, 0.4) is 0 Å². The molecule has 119 heavy (non-hydrogen) atoms. The van der Waals surface area contributed by atoms with E-state index in [0.29, 0.717) is 59.2 Å². The van der Waals surface area contributed by atoms with E-state index >= 15 is 0 Å². The van der Waals surface area contributed by atoms with Crippen LogP contribution in [0.25, 0.3) is 30.9 Å². The van der Waals surface area contributed by atoms with Crippen LogP contribution in [0.5, 0.6) is 0 Å². The highest BCUT2D eigenvalue weighted by Crippen LogP contribution is 2.33. The van der Waals surface area contributed by atoms with Gasteiger partial charge in [0.15, 0.2) is 0 Å². The molecule has 0 saturated carbocycles. The molecule has 0 unspecified atom stereocenters. The van der Waals surface area contributed by atoms with Crippen LogP contribution in [0.1, 0.15) is 333 Å². The van der Waals surface area contributed by atoms with Crippen LogP contribution in [0.15, 0.2) is 215 Å². The maximum Gasteiger partial charge on any atom is 0.126 e. The molecule has 638 valence electrons. The van der Waals surface area contributed by atoms with Crippen LogP contribution in [-0.4, -0.2) is 0 Å². The average Bonchev–Trinajstić information content (AvgIpc) is 1.70. The third kappa shape index (κ3) is 34.3. The van der Waals surface area contributed by atoms with Crippen molar-refractivity contribution < 1.29 is 8.78 Å². The first-order valence-corrected chi connectivity index (χ1v) is 45.4. The van der Waals surface area contributed by atoms with Crippen molar-refractivity contribution in [1.29, 1.82) is 5.26 Å². The lowest BCUT2D eigenvalue weighted by Crippen LogP contribution is -1.95. The van der Waals surface area contributed by atoms with E-state index < -0.39 is 0 Å². The fourth-order valence-electron chi connectivity index (χ4n) is 14.9. The number of fused-ring (bicyclic) bond motifs is 3. The Morgan fingerprint density at radius 1 is 0.286 bits per heavy atom. The van der Waals surface area contributed by atoms with Crippen LogP contribution < -0.4 is 0 Å². The van der Waals surface area contributed by atoms with E-state index in [9.17, 15) is 8.78 Å². The van der Waals surface area contributed by atoms with Crippen molar-refractivity contribution >= 4 is 81.1 Å². The standard InChI is InChI=1S/C14H16.2C12H14S.C11H15F.C11H13N.C11H16.C10H13Br.C10H13Cl.C10H13F.C10H14.CH4/c1-10(2)14-9-13-7-5-4-6-12(13)8-11(14)3;1-8(2)11-7-10-4-5-13-12(10)6-9(11)3;1-8(2)11-7-12-10(4-5-13-12)6-9(11)3;1-7(2)10-6-11(12)9(4)5-8(10)3;1-8(2)11-5-4-10(7-12)6-9(11)3;1-8(2)11-6-5-9(3)7-10(11)4;2*1-7(2)10-5-4-9(11)6-8(10)3;1-7(2)10-6-9(11)5-4-8(10)3;1-8(2)10-7-5-4-6-9(10)3;/h4-10H,1-3H3;2*4-8H,1-3H3;5-7H,1-4H3;4-6,8H,1-3H3;5-8H,1-4H3;3*4-7H,1-3H3;4-8H,1-3H3;1H4. The highest BCUT2D eigenvalue weighted by Gasteiger charge is 2.13. The van der Waals surface area contributed by atoms with Crippen molar-refractivity contribution in [2.75, 3.05) is 0 Å². The number of aryl methyl sites for hydroxylation is 12. The predicted molar refractivity (Wildman–Crippen MR) is 534 cm³/mol. The lowest BCUT2D eigenvalue weighted by Gasteiger charge is -2.11. The number of benzene rings is 11. The number of rotatable bonds is 10. The SMILES string of the molecule is C.Cc1cc(Br)ccc1C(C)C.Cc1cc(C#N)ccc1C(C)C.Cc1cc(C)c(C(C)C)cc1F.Cc1cc(Cl)ccc1C(C)C.Cc1cc2ccccc2cc1C(C)C.Cc1cc2ccsc2cc1C(C)C.Cc1cc2sccc2cc1C(C)C.Cc1ccc(C(C)C)c(C)c1.Cc1ccc(F)cc1C(C)C.Cc1ccccc1C(C)C. The first kappa shape index (κ1) is 105. The number of thiophene rings is 2. The van der Waals surface area contributed by atoms with E-state index in [1.807, 2.05) is 79.0 Å². The normalized spacial score (nSPS) is 10.7. The fourth-order valence-corrected chi connectivity index (χ4v) is 17.3. The molecule has 1 nitrogen and oxygen atoms in total. The van der Waals surface area contributed by atoms with Gasteiger partial charge < -0.3 is 0 Å². The molecule has 0 aliphatic carbocycles. The summed E-state index contributed by atoms with van der Waals surface area (Å²) in [7, 11) is 0. The molecule has 0 N–H and O–H groups in total. The van der Waals surface area contributed by atoms with Gasteiger partial charge in [0, 0.05) is 18.9 Å². The van der Waals surface area contributed by atoms with Gasteiger partial charge in [0.2, 0.25) is 0 Å². The molecule has 0 saturated heterocycles. The van der Waals surface area contributed by atoms with Gasteiger partial charge in [-0.15, -0.1) is 22.7 Å². The molecule has 0 aliphatic heterocycles. The molecular formula is C112H145BrClF2NS2. The van der Waals surface area contributed by atoms with Gasteiger partial charge in [-0.25, -0.2) is 8.78 Å². The van der Waals surface area contributed by atoms with Crippen LogP contribution >= 0.6 is 50.2 Å². The zero-order valence-corrected chi connectivity index (χ0v) is 81.7. The van der Waals surface area contributed by atoms with E-state index in [1.165, 1.54) is 147 Å². The highest BCUT2D eigenvalue weighted by molar-refractivity contribution is 9.10. The molecule has 0 atom stereocenters. The maximum absolute atomic E-state index is 13.1. The zero-order valence-electron chi connectivity index (χ0n) is 77.8. The molecule has 0 spiro atoms. The monoisotopic (exact) mass is 1720 g/mol. The molecule has 2 heterocycles. The van der Waals surface area contributed by atoms with Crippen LogP contribution in [0.4, 0.5) is 8.78 Å². The zero-order chi connectivity index (χ0) is 88.7. The minimum absolute atomic E-state index is 0. The van der Waals surface area contributed by atoms with Crippen molar-refractivity contribution in [3.63, 3.8) is 0 Å². The largest absolute Gasteiger partial charge is 0.207 e. The predicted octanol–water partition coefficient (Wildman–Crippen LogP) is 37.6. The van der Waals surface area contributed by atoms with E-state index in [2.05, 4.69) is 373 Å². The summed E-state index contributed by atoms with van der Waals surface area (Å²) in [4.78, 5) is 0. The van der Waals surface area contributed by atoms with Crippen LogP contribution in [0, 0.1) is 106 Å². The van der Waals surface area contributed by atoms with Gasteiger partial charge >= 0.3 is 0 Å². The second-order valence-corrected chi connectivity index (χ2v) is 38.0. The Bertz CT molecular complexity index is 5080. The number of nitrogens with zero attached hydrogens (tertiary/aromatic N) is 1. The molecule has 0 amide bonds. The van der Waals surface area contributed by atoms with E-state index in [0.717, 1.165) is 27.3 Å². The summed E-state index contributed by atoms with van der Waals surface area (Å²) in [5.41, 5.74) is 29.8.